The predicted molar refractivity (Wildman–Crippen MR) is 179 cm³/mol. The minimum atomic E-state index is 0.0339. The van der Waals surface area contributed by atoms with Gasteiger partial charge in [0.25, 0.3) is 11.8 Å². The summed E-state index contributed by atoms with van der Waals surface area (Å²) in [6.07, 6.45) is 19.4. The molecule has 41 heavy (non-hydrogen) atoms. The summed E-state index contributed by atoms with van der Waals surface area (Å²) in [7, 11) is 0. The summed E-state index contributed by atoms with van der Waals surface area (Å²) in [5.74, 6) is 1.01. The lowest BCUT2D eigenvalue weighted by molar-refractivity contribution is -0.125. The monoisotopic (exact) mass is 646 g/mol. The maximum atomic E-state index is 14.2. The number of halogens is 1. The summed E-state index contributed by atoms with van der Waals surface area (Å²) in [5, 5.41) is 0. The average molecular weight is 648 g/mol. The van der Waals surface area contributed by atoms with E-state index in [2.05, 4.69) is 49.7 Å². The zero-order valence-electron chi connectivity index (χ0n) is 26.5. The average Bonchev–Trinajstić information content (AvgIpc) is 3.57. The molecule has 0 fully saturated rings. The maximum absolute atomic E-state index is 14.2. The van der Waals surface area contributed by atoms with Gasteiger partial charge in [-0.05, 0) is 72.5 Å². The molecule has 0 aliphatic carbocycles. The number of amides is 2. The van der Waals surface area contributed by atoms with E-state index in [0.29, 0.717) is 29.5 Å². The minimum Gasteiger partial charge on any atom is -0.311 e. The molecular weight excluding hydrogens is 592 g/mol. The van der Waals surface area contributed by atoms with Crippen LogP contribution in [0.4, 0.5) is 0 Å². The molecule has 0 saturated carbocycles. The lowest BCUT2D eigenvalue weighted by atomic mass is 9.94. The molecule has 0 spiro atoms. The zero-order chi connectivity index (χ0) is 29.8. The van der Waals surface area contributed by atoms with Gasteiger partial charge in [-0.2, -0.15) is 0 Å². The van der Waals surface area contributed by atoms with Crippen LogP contribution in [0.5, 0.6) is 0 Å². The molecule has 0 aromatic carbocycles. The Balaban J connectivity index is 1.88. The van der Waals surface area contributed by atoms with E-state index in [0.717, 1.165) is 52.3 Å². The van der Waals surface area contributed by atoms with Crippen LogP contribution >= 0.6 is 27.3 Å². The van der Waals surface area contributed by atoms with E-state index in [4.69, 9.17) is 0 Å². The van der Waals surface area contributed by atoms with Crippen LogP contribution < -0.4 is 0 Å². The number of fused-ring (bicyclic) bond motifs is 1. The first kappa shape index (κ1) is 34.1. The van der Waals surface area contributed by atoms with Gasteiger partial charge in [-0.3, -0.25) is 9.59 Å². The molecule has 4 nitrogen and oxygen atoms in total. The van der Waals surface area contributed by atoms with E-state index in [9.17, 15) is 9.59 Å². The summed E-state index contributed by atoms with van der Waals surface area (Å²) in [6.45, 7) is 12.4. The van der Waals surface area contributed by atoms with Crippen LogP contribution in [0.15, 0.2) is 32.8 Å². The second-order valence-electron chi connectivity index (χ2n) is 12.3. The summed E-state index contributed by atoms with van der Waals surface area (Å²) in [5.41, 5.74) is 3.04. The molecule has 2 atom stereocenters. The predicted octanol–water partition coefficient (Wildman–Crippen LogP) is 10.7. The smallest absolute Gasteiger partial charge is 0.261 e. The van der Waals surface area contributed by atoms with E-state index < -0.39 is 0 Å². The molecule has 0 radical (unpaired) electrons. The highest BCUT2D eigenvalue weighted by Crippen LogP contribution is 2.46. The van der Waals surface area contributed by atoms with Gasteiger partial charge in [0.05, 0.1) is 25.5 Å². The van der Waals surface area contributed by atoms with Crippen LogP contribution in [0.1, 0.15) is 142 Å². The molecule has 3 rings (SSSR count). The van der Waals surface area contributed by atoms with Crippen molar-refractivity contribution in [2.24, 2.45) is 11.8 Å². The topological polar surface area (TPSA) is 40.6 Å². The number of carbonyl (C=O) groups excluding carboxylic acids is 2. The summed E-state index contributed by atoms with van der Waals surface area (Å²) in [6, 6.07) is 4.11. The van der Waals surface area contributed by atoms with Gasteiger partial charge in [-0.1, -0.05) is 105 Å². The first-order chi connectivity index (χ1) is 19.9. The fourth-order valence-electron chi connectivity index (χ4n) is 6.64. The molecule has 3 heterocycles. The Morgan fingerprint density at radius 1 is 0.659 bits per heavy atom. The Morgan fingerprint density at radius 2 is 1.17 bits per heavy atom. The van der Waals surface area contributed by atoms with Gasteiger partial charge in [0.15, 0.2) is 0 Å². The van der Waals surface area contributed by atoms with Crippen molar-refractivity contribution in [2.45, 2.75) is 137 Å². The van der Waals surface area contributed by atoms with Gasteiger partial charge in [0.1, 0.15) is 0 Å². The molecule has 2 aliphatic rings. The molecule has 2 amide bonds. The van der Waals surface area contributed by atoms with Crippen molar-refractivity contribution in [1.82, 2.24) is 9.80 Å². The van der Waals surface area contributed by atoms with Crippen LogP contribution in [0, 0.1) is 11.8 Å². The Morgan fingerprint density at radius 3 is 1.73 bits per heavy atom. The number of carbonyl (C=O) groups is 2. The number of hydrogen-bond acceptors (Lipinski definition) is 3. The van der Waals surface area contributed by atoms with Crippen LogP contribution in [0.2, 0.25) is 0 Å². The molecule has 2 unspecified atom stereocenters. The van der Waals surface area contributed by atoms with Crippen LogP contribution in [0.3, 0.4) is 0 Å². The van der Waals surface area contributed by atoms with E-state index in [1.54, 1.807) is 11.3 Å². The Bertz CT molecular complexity index is 1060. The number of rotatable bonds is 21. The van der Waals surface area contributed by atoms with Gasteiger partial charge in [0, 0.05) is 18.8 Å². The van der Waals surface area contributed by atoms with Gasteiger partial charge < -0.3 is 9.80 Å². The van der Waals surface area contributed by atoms with Crippen molar-refractivity contribution in [3.63, 3.8) is 0 Å². The van der Waals surface area contributed by atoms with Crippen molar-refractivity contribution in [3.8, 4) is 0 Å². The fraction of sp³-hybridized carbons (Fsp3) is 0.714. The molecule has 0 saturated heterocycles. The number of allylic oxidation sites excluding steroid dienone is 1. The molecule has 1 aromatic rings. The molecule has 6 heteroatoms. The summed E-state index contributed by atoms with van der Waals surface area (Å²) >= 11 is 5.25. The number of thiophene rings is 1. The molecule has 0 bridgehead atoms. The van der Waals surface area contributed by atoms with Crippen molar-refractivity contribution < 1.29 is 9.59 Å². The number of hydrogen-bond donors (Lipinski definition) is 0. The van der Waals surface area contributed by atoms with E-state index >= 15 is 0 Å². The third-order valence-electron chi connectivity index (χ3n) is 8.97. The fourth-order valence-corrected chi connectivity index (χ4v) is 8.08. The lowest BCUT2D eigenvalue weighted by Gasteiger charge is -2.29. The number of unbranched alkanes of at least 4 members (excludes halogenated alkanes) is 8. The Kier molecular flexibility index (Phi) is 14.7. The van der Waals surface area contributed by atoms with Crippen molar-refractivity contribution in [2.75, 3.05) is 13.1 Å². The zero-order valence-corrected chi connectivity index (χ0v) is 28.9. The standard InChI is InChI=1S/C35H55BrN2O2S/c1-6-10-13-14-17-21-28(20-16-12-8-3)24-37-26(5)31-32(35(37)40)33(29-22-23-30(36)41-29)38(34(31)39)25-27(18-9-4)19-15-11-7-2/h22-23,27-28H,6-21,24-25H2,1-5H3. The normalized spacial score (nSPS) is 16.9. The molecule has 2 aliphatic heterocycles. The largest absolute Gasteiger partial charge is 0.311 e. The highest BCUT2D eigenvalue weighted by molar-refractivity contribution is 9.11. The Labute approximate surface area is 263 Å². The van der Waals surface area contributed by atoms with Crippen LogP contribution in [-0.2, 0) is 9.59 Å². The van der Waals surface area contributed by atoms with Gasteiger partial charge in [-0.15, -0.1) is 11.3 Å². The first-order valence-corrected chi connectivity index (χ1v) is 18.3. The first-order valence-electron chi connectivity index (χ1n) is 16.7. The van der Waals surface area contributed by atoms with Gasteiger partial charge in [0.2, 0.25) is 0 Å². The van der Waals surface area contributed by atoms with Crippen molar-refractivity contribution >= 4 is 44.8 Å². The third-order valence-corrected chi connectivity index (χ3v) is 10.6. The molecule has 1 aromatic heterocycles. The van der Waals surface area contributed by atoms with Crippen LogP contribution in [-0.4, -0.2) is 34.7 Å². The quantitative estimate of drug-likeness (QED) is 0.125. The highest BCUT2D eigenvalue weighted by atomic mass is 79.9. The van der Waals surface area contributed by atoms with Crippen molar-refractivity contribution in [3.05, 3.63) is 37.6 Å². The van der Waals surface area contributed by atoms with Crippen molar-refractivity contribution in [1.29, 1.82) is 0 Å². The maximum Gasteiger partial charge on any atom is 0.261 e. The minimum absolute atomic E-state index is 0.0339. The molecular formula is C35H55BrN2O2S. The van der Waals surface area contributed by atoms with Crippen LogP contribution in [0.25, 0.3) is 5.70 Å². The lowest BCUT2D eigenvalue weighted by Crippen LogP contribution is -2.34. The highest BCUT2D eigenvalue weighted by Gasteiger charge is 2.48. The molecule has 0 N–H and O–H groups in total. The summed E-state index contributed by atoms with van der Waals surface area (Å²) in [4.78, 5) is 33.3. The Hall–Kier alpha value is -1.40. The van der Waals surface area contributed by atoms with E-state index in [1.165, 1.54) is 77.0 Å². The summed E-state index contributed by atoms with van der Waals surface area (Å²) < 4.78 is 1.02. The second-order valence-corrected chi connectivity index (χ2v) is 14.8. The SMILES string of the molecule is CCCCCCCC(CCCCC)CN1C(=O)C2=C(c3ccc(Br)s3)N(CC(CCC)CCCCC)C(=O)C2=C1C. The van der Waals surface area contributed by atoms with Gasteiger partial charge in [-0.25, -0.2) is 0 Å². The number of nitrogens with zero attached hydrogens (tertiary/aromatic N) is 2. The third kappa shape index (κ3) is 9.05. The van der Waals surface area contributed by atoms with E-state index in [1.807, 2.05) is 22.8 Å². The van der Waals surface area contributed by atoms with E-state index in [-0.39, 0.29) is 11.8 Å². The van der Waals surface area contributed by atoms with Gasteiger partial charge >= 0.3 is 0 Å². The molecule has 230 valence electrons. The second kappa shape index (κ2) is 17.7.